The van der Waals surface area contributed by atoms with E-state index >= 15 is 0 Å². The molecule has 2 N–H and O–H groups in total. The summed E-state index contributed by atoms with van der Waals surface area (Å²) in [5.41, 5.74) is 2.38. The van der Waals surface area contributed by atoms with Crippen molar-refractivity contribution in [2.45, 2.75) is 33.4 Å². The second-order valence-corrected chi connectivity index (χ2v) is 7.60. The highest BCUT2D eigenvalue weighted by atomic mass is 127. The number of nitrogens with one attached hydrogen (secondary N) is 2. The molecule has 0 spiro atoms. The summed E-state index contributed by atoms with van der Waals surface area (Å²) in [7, 11) is 1.78. The van der Waals surface area contributed by atoms with Gasteiger partial charge in [-0.25, -0.2) is 9.97 Å². The molecule has 0 saturated carbocycles. The molecule has 28 heavy (non-hydrogen) atoms. The highest BCUT2D eigenvalue weighted by Gasteiger charge is 2.06. The first-order valence-electron chi connectivity index (χ1n) is 9.07. The van der Waals surface area contributed by atoms with Crippen LogP contribution in [0.15, 0.2) is 47.7 Å². The van der Waals surface area contributed by atoms with Gasteiger partial charge in [0.2, 0.25) is 0 Å². The van der Waals surface area contributed by atoms with Crippen molar-refractivity contribution >= 4 is 41.3 Å². The molecule has 2 heterocycles. The van der Waals surface area contributed by atoms with E-state index in [1.165, 1.54) is 10.4 Å². The van der Waals surface area contributed by atoms with Crippen molar-refractivity contribution in [3.63, 3.8) is 0 Å². The van der Waals surface area contributed by atoms with Gasteiger partial charge in [0.05, 0.1) is 12.2 Å². The van der Waals surface area contributed by atoms with Gasteiger partial charge in [-0.15, -0.1) is 35.3 Å². The summed E-state index contributed by atoms with van der Waals surface area (Å²) < 4.78 is 2.19. The van der Waals surface area contributed by atoms with E-state index in [1.54, 1.807) is 18.4 Å². The highest BCUT2D eigenvalue weighted by molar-refractivity contribution is 14.0. The van der Waals surface area contributed by atoms with Crippen LogP contribution < -0.4 is 10.6 Å². The Balaban J connectivity index is 0.00000280. The molecule has 150 valence electrons. The van der Waals surface area contributed by atoms with Crippen molar-refractivity contribution in [2.75, 3.05) is 13.6 Å². The molecule has 0 aliphatic carbocycles. The minimum absolute atomic E-state index is 0. The number of aryl methyl sites for hydroxylation is 2. The van der Waals surface area contributed by atoms with Gasteiger partial charge in [0.1, 0.15) is 10.8 Å². The van der Waals surface area contributed by atoms with Crippen LogP contribution in [0.25, 0.3) is 0 Å². The van der Waals surface area contributed by atoms with Gasteiger partial charge in [-0.3, -0.25) is 4.99 Å². The molecule has 3 rings (SSSR count). The molecule has 6 nitrogen and oxygen atoms in total. The van der Waals surface area contributed by atoms with Crippen LogP contribution in [0.5, 0.6) is 0 Å². The van der Waals surface area contributed by atoms with Crippen LogP contribution in [-0.4, -0.2) is 34.1 Å². The lowest BCUT2D eigenvalue weighted by atomic mass is 10.2. The van der Waals surface area contributed by atoms with Crippen LogP contribution in [0.2, 0.25) is 0 Å². The summed E-state index contributed by atoms with van der Waals surface area (Å²) in [6, 6.07) is 10.4. The van der Waals surface area contributed by atoms with E-state index in [2.05, 4.69) is 61.4 Å². The largest absolute Gasteiger partial charge is 0.356 e. The number of imidazole rings is 1. The van der Waals surface area contributed by atoms with Gasteiger partial charge in [0, 0.05) is 43.8 Å². The molecule has 0 aliphatic heterocycles. The second kappa shape index (κ2) is 11.2. The lowest BCUT2D eigenvalue weighted by molar-refractivity contribution is 0.693. The fourth-order valence-electron chi connectivity index (χ4n) is 2.78. The minimum atomic E-state index is 0. The van der Waals surface area contributed by atoms with Gasteiger partial charge >= 0.3 is 0 Å². The first-order chi connectivity index (χ1) is 13.2. The monoisotopic (exact) mass is 510 g/mol. The third-order valence-corrected chi connectivity index (χ3v) is 5.41. The molecule has 0 atom stereocenters. The van der Waals surface area contributed by atoms with Gasteiger partial charge in [0.15, 0.2) is 5.96 Å². The Morgan fingerprint density at radius 2 is 1.96 bits per heavy atom. The van der Waals surface area contributed by atoms with E-state index in [9.17, 15) is 0 Å². The van der Waals surface area contributed by atoms with E-state index < -0.39 is 0 Å². The predicted molar refractivity (Wildman–Crippen MR) is 127 cm³/mol. The second-order valence-electron chi connectivity index (χ2n) is 6.31. The Kier molecular flexibility index (Phi) is 8.91. The number of hydrogen-bond acceptors (Lipinski definition) is 4. The van der Waals surface area contributed by atoms with Crippen LogP contribution in [0.4, 0.5) is 0 Å². The number of rotatable bonds is 7. The number of thiazole rings is 1. The molecule has 0 unspecified atom stereocenters. The first-order valence-corrected chi connectivity index (χ1v) is 9.88. The molecule has 0 aliphatic rings. The summed E-state index contributed by atoms with van der Waals surface area (Å²) in [5, 5.41) is 7.75. The van der Waals surface area contributed by atoms with Crippen molar-refractivity contribution < 1.29 is 0 Å². The zero-order valence-electron chi connectivity index (χ0n) is 16.5. The Bertz CT molecular complexity index is 868. The Morgan fingerprint density at radius 1 is 1.18 bits per heavy atom. The van der Waals surface area contributed by atoms with Gasteiger partial charge in [-0.1, -0.05) is 30.3 Å². The van der Waals surface area contributed by atoms with Gasteiger partial charge < -0.3 is 15.2 Å². The fourth-order valence-corrected chi connectivity index (χ4v) is 3.65. The molecule has 8 heteroatoms. The normalized spacial score (nSPS) is 11.2. The molecule has 0 fully saturated rings. The predicted octanol–water partition coefficient (Wildman–Crippen LogP) is 3.53. The average Bonchev–Trinajstić information content (AvgIpc) is 3.25. The van der Waals surface area contributed by atoms with Crippen molar-refractivity contribution in [2.24, 2.45) is 4.99 Å². The quantitative estimate of drug-likeness (QED) is 0.290. The number of aromatic nitrogens is 3. The lowest BCUT2D eigenvalue weighted by Gasteiger charge is -2.12. The third-order valence-electron chi connectivity index (χ3n) is 4.34. The summed E-state index contributed by atoms with van der Waals surface area (Å²) in [6.07, 6.45) is 4.72. The number of guanidine groups is 1. The van der Waals surface area contributed by atoms with E-state index in [0.29, 0.717) is 6.54 Å². The first kappa shape index (κ1) is 22.4. The molecule has 2 aromatic heterocycles. The fraction of sp³-hybridized carbons (Fsp3) is 0.350. The molecule has 1 aromatic carbocycles. The van der Waals surface area contributed by atoms with Crippen LogP contribution in [0, 0.1) is 13.8 Å². The number of halogens is 1. The van der Waals surface area contributed by atoms with Gasteiger partial charge in [0.25, 0.3) is 0 Å². The zero-order valence-corrected chi connectivity index (χ0v) is 19.6. The molecule has 0 amide bonds. The molecule has 3 aromatic rings. The zero-order chi connectivity index (χ0) is 19.1. The maximum atomic E-state index is 4.55. The highest BCUT2D eigenvalue weighted by Crippen LogP contribution is 2.15. The summed E-state index contributed by atoms with van der Waals surface area (Å²) in [4.78, 5) is 14.6. The average molecular weight is 510 g/mol. The molecule has 0 saturated heterocycles. The van der Waals surface area contributed by atoms with E-state index in [4.69, 9.17) is 0 Å². The molecular weight excluding hydrogens is 483 g/mol. The lowest BCUT2D eigenvalue weighted by Crippen LogP contribution is -2.38. The minimum Gasteiger partial charge on any atom is -0.356 e. The number of nitrogens with zero attached hydrogens (tertiary/aromatic N) is 4. The van der Waals surface area contributed by atoms with Crippen molar-refractivity contribution in [3.8, 4) is 0 Å². The third kappa shape index (κ3) is 6.30. The SMILES string of the molecule is CN=C(NCCc1nccn1Cc1ccccc1)NCc1nc(C)c(C)s1.I. The van der Waals surface area contributed by atoms with Crippen LogP contribution in [-0.2, 0) is 19.5 Å². The molecule has 0 radical (unpaired) electrons. The number of hydrogen-bond donors (Lipinski definition) is 2. The van der Waals surface area contributed by atoms with E-state index in [0.717, 1.165) is 42.0 Å². The van der Waals surface area contributed by atoms with Crippen molar-refractivity contribution in [3.05, 3.63) is 69.7 Å². The van der Waals surface area contributed by atoms with Gasteiger partial charge in [-0.05, 0) is 19.4 Å². The molecule has 0 bridgehead atoms. The number of benzene rings is 1. The summed E-state index contributed by atoms with van der Waals surface area (Å²) in [6.45, 7) is 6.43. The molecular formula is C20H27IN6S. The van der Waals surface area contributed by atoms with Crippen LogP contribution >= 0.6 is 35.3 Å². The van der Waals surface area contributed by atoms with Crippen LogP contribution in [0.3, 0.4) is 0 Å². The van der Waals surface area contributed by atoms with Crippen LogP contribution in [0.1, 0.15) is 27.0 Å². The Hall–Kier alpha value is -1.94. The smallest absolute Gasteiger partial charge is 0.191 e. The summed E-state index contributed by atoms with van der Waals surface area (Å²) >= 11 is 1.72. The van der Waals surface area contributed by atoms with Crippen molar-refractivity contribution in [1.82, 2.24) is 25.2 Å². The maximum Gasteiger partial charge on any atom is 0.191 e. The number of aliphatic imine (C=N–C) groups is 1. The standard InChI is InChI=1S/C20H26N6S.HI/c1-15-16(2)27-19(25-15)13-24-20(21-3)23-10-9-18-22-11-12-26(18)14-17-7-5-4-6-8-17;/h4-8,11-12H,9-10,13-14H2,1-3H3,(H2,21,23,24);1H. The van der Waals surface area contributed by atoms with E-state index in [-0.39, 0.29) is 24.0 Å². The Labute approximate surface area is 187 Å². The van der Waals surface area contributed by atoms with E-state index in [1.807, 2.05) is 25.4 Å². The summed E-state index contributed by atoms with van der Waals surface area (Å²) in [5.74, 6) is 1.84. The Morgan fingerprint density at radius 3 is 2.64 bits per heavy atom. The van der Waals surface area contributed by atoms with Crippen molar-refractivity contribution in [1.29, 1.82) is 0 Å². The topological polar surface area (TPSA) is 67.1 Å². The maximum absolute atomic E-state index is 4.55. The van der Waals surface area contributed by atoms with Gasteiger partial charge in [-0.2, -0.15) is 0 Å².